The third kappa shape index (κ3) is 3.32. The van der Waals surface area contributed by atoms with Crippen LogP contribution in [-0.4, -0.2) is 12.6 Å². The molecule has 0 saturated carbocycles. The second-order valence-corrected chi connectivity index (χ2v) is 5.94. The van der Waals surface area contributed by atoms with Crippen molar-refractivity contribution in [3.05, 3.63) is 55.9 Å². The van der Waals surface area contributed by atoms with Crippen molar-refractivity contribution in [2.24, 2.45) is 5.73 Å². The van der Waals surface area contributed by atoms with E-state index in [1.54, 1.807) is 13.8 Å². The van der Waals surface area contributed by atoms with Gasteiger partial charge >= 0.3 is 5.97 Å². The third-order valence-electron chi connectivity index (χ3n) is 3.37. The molecule has 120 valence electrons. The second-order valence-electron chi connectivity index (χ2n) is 4.78. The topological polar surface area (TPSA) is 85.3 Å². The van der Waals surface area contributed by atoms with Gasteiger partial charge in [-0.25, -0.2) is 9.18 Å². The number of nitrogens with zero attached hydrogens (tertiary/aromatic N) is 1. The SMILES string of the molecule is CCOC(=O)C1=C(C)OC(N)=C(C#N)C1c1ccc(F)cc1I. The van der Waals surface area contributed by atoms with Gasteiger partial charge in [-0.15, -0.1) is 0 Å². The Balaban J connectivity index is 2.66. The summed E-state index contributed by atoms with van der Waals surface area (Å²) in [5, 5.41) is 9.44. The van der Waals surface area contributed by atoms with Gasteiger partial charge in [-0.3, -0.25) is 0 Å². The summed E-state index contributed by atoms with van der Waals surface area (Å²) in [5.74, 6) is -1.54. The quantitative estimate of drug-likeness (QED) is 0.591. The van der Waals surface area contributed by atoms with Crippen molar-refractivity contribution >= 4 is 28.6 Å². The number of carbonyl (C=O) groups excluding carboxylic acids is 1. The lowest BCUT2D eigenvalue weighted by molar-refractivity contribution is -0.139. The lowest BCUT2D eigenvalue weighted by Crippen LogP contribution is -2.26. The molecule has 2 rings (SSSR count). The first-order chi connectivity index (χ1) is 10.9. The smallest absolute Gasteiger partial charge is 0.338 e. The van der Waals surface area contributed by atoms with Crippen LogP contribution in [-0.2, 0) is 14.3 Å². The number of carbonyl (C=O) groups is 1. The van der Waals surface area contributed by atoms with E-state index in [0.717, 1.165) is 0 Å². The molecule has 1 aromatic carbocycles. The van der Waals surface area contributed by atoms with E-state index in [1.807, 2.05) is 28.7 Å². The van der Waals surface area contributed by atoms with Gasteiger partial charge in [-0.05, 0) is 54.1 Å². The maximum atomic E-state index is 13.4. The Kier molecular flexibility index (Phi) is 5.26. The molecule has 0 saturated heterocycles. The molecule has 1 aliphatic rings. The van der Waals surface area contributed by atoms with Crippen LogP contribution in [0.1, 0.15) is 25.3 Å². The van der Waals surface area contributed by atoms with Crippen LogP contribution >= 0.6 is 22.6 Å². The fourth-order valence-corrected chi connectivity index (χ4v) is 3.19. The number of ether oxygens (including phenoxy) is 2. The van der Waals surface area contributed by atoms with Gasteiger partial charge in [0.1, 0.15) is 23.2 Å². The monoisotopic (exact) mass is 428 g/mol. The molecule has 1 aliphatic heterocycles. The van der Waals surface area contributed by atoms with Crippen molar-refractivity contribution in [1.82, 2.24) is 0 Å². The predicted molar refractivity (Wildman–Crippen MR) is 89.1 cm³/mol. The Morgan fingerprint density at radius 2 is 2.26 bits per heavy atom. The molecule has 0 aromatic heterocycles. The van der Waals surface area contributed by atoms with Crippen molar-refractivity contribution in [1.29, 1.82) is 5.26 Å². The largest absolute Gasteiger partial charge is 0.463 e. The first-order valence-electron chi connectivity index (χ1n) is 6.81. The summed E-state index contributed by atoms with van der Waals surface area (Å²) in [5.41, 5.74) is 6.69. The zero-order valence-corrected chi connectivity index (χ0v) is 14.7. The molecule has 0 bridgehead atoms. The molecule has 0 radical (unpaired) electrons. The summed E-state index contributed by atoms with van der Waals surface area (Å²) in [6, 6.07) is 6.12. The van der Waals surface area contributed by atoms with E-state index in [1.165, 1.54) is 18.2 Å². The lowest BCUT2D eigenvalue weighted by Gasteiger charge is -2.27. The van der Waals surface area contributed by atoms with Gasteiger partial charge in [0, 0.05) is 3.57 Å². The molecule has 0 amide bonds. The van der Waals surface area contributed by atoms with Crippen LogP contribution in [0.25, 0.3) is 0 Å². The maximum Gasteiger partial charge on any atom is 0.338 e. The van der Waals surface area contributed by atoms with Crippen LogP contribution in [0.15, 0.2) is 41.0 Å². The normalized spacial score (nSPS) is 17.6. The van der Waals surface area contributed by atoms with Crippen LogP contribution in [0.4, 0.5) is 4.39 Å². The molecule has 7 heteroatoms. The maximum absolute atomic E-state index is 13.4. The highest BCUT2D eigenvalue weighted by molar-refractivity contribution is 14.1. The fraction of sp³-hybridized carbons (Fsp3) is 0.250. The average molecular weight is 428 g/mol. The Hall–Kier alpha value is -2.08. The first-order valence-corrected chi connectivity index (χ1v) is 7.89. The lowest BCUT2D eigenvalue weighted by atomic mass is 9.83. The molecule has 1 atom stereocenters. The van der Waals surface area contributed by atoms with Crippen LogP contribution in [0.2, 0.25) is 0 Å². The molecule has 0 fully saturated rings. The number of allylic oxidation sites excluding steroid dienone is 2. The van der Waals surface area contributed by atoms with E-state index < -0.39 is 17.7 Å². The Labute approximate surface area is 146 Å². The number of benzene rings is 1. The van der Waals surface area contributed by atoms with Crippen LogP contribution < -0.4 is 5.73 Å². The van der Waals surface area contributed by atoms with Gasteiger partial charge in [0.15, 0.2) is 0 Å². The molecule has 1 heterocycles. The fourth-order valence-electron chi connectivity index (χ4n) is 2.40. The molecule has 1 aromatic rings. The van der Waals surface area contributed by atoms with E-state index in [2.05, 4.69) is 0 Å². The molecule has 5 nitrogen and oxygen atoms in total. The molecule has 0 aliphatic carbocycles. The van der Waals surface area contributed by atoms with Crippen molar-refractivity contribution in [2.75, 3.05) is 6.61 Å². The van der Waals surface area contributed by atoms with E-state index in [0.29, 0.717) is 9.13 Å². The summed E-state index contributed by atoms with van der Waals surface area (Å²) >= 11 is 1.96. The van der Waals surface area contributed by atoms with E-state index in [9.17, 15) is 14.4 Å². The number of rotatable bonds is 3. The van der Waals surface area contributed by atoms with E-state index >= 15 is 0 Å². The standard InChI is InChI=1S/C16H14FIN2O3/c1-3-22-16(21)13-8(2)23-15(20)11(7-19)14(13)10-5-4-9(17)6-12(10)18/h4-6,14H,3,20H2,1-2H3. The number of hydrogen-bond donors (Lipinski definition) is 1. The van der Waals surface area contributed by atoms with Crippen molar-refractivity contribution < 1.29 is 18.7 Å². The van der Waals surface area contributed by atoms with E-state index in [4.69, 9.17) is 15.2 Å². The molecule has 23 heavy (non-hydrogen) atoms. The zero-order valence-electron chi connectivity index (χ0n) is 12.5. The molecular formula is C16H14FIN2O3. The number of nitrogens with two attached hydrogens (primary N) is 1. The Morgan fingerprint density at radius 3 is 2.83 bits per heavy atom. The third-order valence-corrected chi connectivity index (χ3v) is 4.31. The summed E-state index contributed by atoms with van der Waals surface area (Å²) in [6.45, 7) is 3.45. The highest BCUT2D eigenvalue weighted by Gasteiger charge is 2.37. The summed E-state index contributed by atoms with van der Waals surface area (Å²) in [6.07, 6.45) is 0. The number of esters is 1. The number of hydrogen-bond acceptors (Lipinski definition) is 5. The van der Waals surface area contributed by atoms with Crippen LogP contribution in [0, 0.1) is 20.7 Å². The van der Waals surface area contributed by atoms with Gasteiger partial charge < -0.3 is 15.2 Å². The molecule has 1 unspecified atom stereocenters. The minimum Gasteiger partial charge on any atom is -0.463 e. The van der Waals surface area contributed by atoms with Gasteiger partial charge in [-0.1, -0.05) is 6.07 Å². The Bertz CT molecular complexity index is 765. The minimum atomic E-state index is -0.750. The average Bonchev–Trinajstić information content (AvgIpc) is 2.46. The number of nitriles is 1. The Morgan fingerprint density at radius 1 is 1.57 bits per heavy atom. The van der Waals surface area contributed by atoms with Crippen molar-refractivity contribution in [2.45, 2.75) is 19.8 Å². The summed E-state index contributed by atoms with van der Waals surface area (Å²) in [7, 11) is 0. The molecule has 2 N–H and O–H groups in total. The summed E-state index contributed by atoms with van der Waals surface area (Å²) < 4.78 is 24.4. The minimum absolute atomic E-state index is 0.0665. The highest BCUT2D eigenvalue weighted by atomic mass is 127. The van der Waals surface area contributed by atoms with Crippen molar-refractivity contribution in [3.8, 4) is 6.07 Å². The second kappa shape index (κ2) is 7.00. The number of halogens is 2. The van der Waals surface area contributed by atoms with Gasteiger partial charge in [0.25, 0.3) is 0 Å². The van der Waals surface area contributed by atoms with Crippen LogP contribution in [0.3, 0.4) is 0 Å². The summed E-state index contributed by atoms with van der Waals surface area (Å²) in [4.78, 5) is 12.3. The zero-order chi connectivity index (χ0) is 17.1. The predicted octanol–water partition coefficient (Wildman–Crippen LogP) is 3.08. The molecule has 0 spiro atoms. The van der Waals surface area contributed by atoms with Gasteiger partial charge in [0.05, 0.1) is 18.1 Å². The van der Waals surface area contributed by atoms with Crippen molar-refractivity contribution in [3.63, 3.8) is 0 Å². The van der Waals surface area contributed by atoms with E-state index in [-0.39, 0.29) is 29.4 Å². The first kappa shape index (κ1) is 17.3. The van der Waals surface area contributed by atoms with Gasteiger partial charge in [0.2, 0.25) is 5.88 Å². The van der Waals surface area contributed by atoms with Crippen LogP contribution in [0.5, 0.6) is 0 Å². The highest BCUT2D eigenvalue weighted by Crippen LogP contribution is 2.41. The van der Waals surface area contributed by atoms with Gasteiger partial charge in [-0.2, -0.15) is 5.26 Å². The molecular weight excluding hydrogens is 414 g/mol.